The van der Waals surface area contributed by atoms with Gasteiger partial charge >= 0.3 is 20.1 Å². The summed E-state index contributed by atoms with van der Waals surface area (Å²) in [7, 11) is 0. The third kappa shape index (κ3) is 8.99. The number of hydrogen-bond donors (Lipinski definition) is 0. The van der Waals surface area contributed by atoms with E-state index in [1.807, 2.05) is 85.3 Å². The zero-order valence-electron chi connectivity index (χ0n) is 42.0. The minimum Gasteiger partial charge on any atom is -0.341 e. The van der Waals surface area contributed by atoms with Crippen LogP contribution in [0.25, 0.3) is 139 Å². The molecule has 0 aliphatic rings. The zero-order chi connectivity index (χ0) is 51.1. The van der Waals surface area contributed by atoms with E-state index in [1.165, 1.54) is 5.56 Å². The number of imidazole rings is 1. The van der Waals surface area contributed by atoms with Crippen LogP contribution in [0.4, 0.5) is 0 Å². The molecule has 0 spiro atoms. The van der Waals surface area contributed by atoms with E-state index < -0.39 is 0 Å². The Kier molecular flexibility index (Phi) is 12.8. The summed E-state index contributed by atoms with van der Waals surface area (Å²) in [5.74, 6) is 0. The van der Waals surface area contributed by atoms with Crippen LogP contribution in [0.2, 0.25) is 0 Å². The molecule has 0 saturated heterocycles. The Labute approximate surface area is 466 Å². The van der Waals surface area contributed by atoms with Crippen LogP contribution in [0.5, 0.6) is 0 Å². The molecule has 0 aliphatic carbocycles. The molecule has 0 aliphatic heterocycles. The van der Waals surface area contributed by atoms with Crippen LogP contribution in [0, 0.1) is 18.2 Å². The number of aromatic nitrogens is 5. The standard InChI is InChI=1S/C72H44N5.Ir/c1-4-18-48(19-5-1)49-32-34-52(35-33-49)69-47-77-70-31-17-16-30-65(70)71-66(72(77)76-69)43-58(46-75-71)64-29-15-14-28-63(64)57-41-55(61-26-12-10-24-59(61)53-36-38-67(73-44-53)50-20-6-2-7-21-50)40-56(42-57)62-27-13-11-25-60(62)54-37-39-68(74-45-54)51-22-8-3-9-23-51;/h1-20,22,24-29,31-47H;/q-3;+3. The molecule has 78 heavy (non-hydrogen) atoms. The number of rotatable bonds is 10. The van der Waals surface area contributed by atoms with Gasteiger partial charge in [0.2, 0.25) is 0 Å². The molecule has 0 N–H and O–H groups in total. The average Bonchev–Trinajstić information content (AvgIpc) is 4.16. The third-order valence-corrected chi connectivity index (χ3v) is 14.5. The maximum Gasteiger partial charge on any atom is 3.00 e. The Morgan fingerprint density at radius 1 is 0.321 bits per heavy atom. The molecule has 0 amide bonds. The molecule has 5 nitrogen and oxygen atoms in total. The summed E-state index contributed by atoms with van der Waals surface area (Å²) in [6.07, 6.45) is 8.10. The SMILES string of the molecule is [Ir+3].[c-]1ccccc1-c1ccc(-c2ccccc2-c2cc(-c3ccccc3-c3ccc(-c4[c-]cccc4)nc3)cc(-c3ccccc3-c3cnc4c5[c-]cccc5n5cc(-c6ccc(-c7ccccc7)cc6)nc5c4c3)c2)cn1. The number of fused-ring (bicyclic) bond motifs is 6. The predicted octanol–water partition coefficient (Wildman–Crippen LogP) is 17.9. The van der Waals surface area contributed by atoms with Crippen molar-refractivity contribution in [3.63, 3.8) is 0 Å². The van der Waals surface area contributed by atoms with Crippen molar-refractivity contribution in [1.29, 1.82) is 0 Å². The monoisotopic (exact) mass is 1170 g/mol. The molecule has 0 bridgehead atoms. The van der Waals surface area contributed by atoms with Crippen LogP contribution in [0.3, 0.4) is 0 Å². The fourth-order valence-corrected chi connectivity index (χ4v) is 10.7. The van der Waals surface area contributed by atoms with Gasteiger partial charge in [0.25, 0.3) is 0 Å². The first kappa shape index (κ1) is 48.0. The molecule has 0 unspecified atom stereocenters. The molecule has 0 atom stereocenters. The van der Waals surface area contributed by atoms with Crippen LogP contribution in [-0.4, -0.2) is 24.3 Å². The number of pyridine rings is 4. The second kappa shape index (κ2) is 20.8. The van der Waals surface area contributed by atoms with Gasteiger partial charge in [-0.3, -0.25) is 0 Å². The van der Waals surface area contributed by atoms with Gasteiger partial charge in [0.05, 0.1) is 5.69 Å². The van der Waals surface area contributed by atoms with Gasteiger partial charge in [0.15, 0.2) is 0 Å². The first-order valence-corrected chi connectivity index (χ1v) is 25.7. The molecule has 366 valence electrons. The third-order valence-electron chi connectivity index (χ3n) is 14.5. The smallest absolute Gasteiger partial charge is 0.341 e. The fraction of sp³-hybridized carbons (Fsp3) is 0. The molecule has 14 aromatic rings. The first-order valence-electron chi connectivity index (χ1n) is 25.7. The Balaban J connectivity index is 0.00000579. The van der Waals surface area contributed by atoms with Crippen molar-refractivity contribution < 1.29 is 20.1 Å². The van der Waals surface area contributed by atoms with E-state index in [1.54, 1.807) is 0 Å². The molecule has 0 fully saturated rings. The average molecular weight is 1170 g/mol. The van der Waals surface area contributed by atoms with Crippen molar-refractivity contribution in [2.45, 2.75) is 0 Å². The Bertz CT molecular complexity index is 4320. The van der Waals surface area contributed by atoms with Gasteiger partial charge in [-0.25, -0.2) is 4.98 Å². The topological polar surface area (TPSA) is 56.0 Å². The molecular formula is C72H44IrN5. The maximum absolute atomic E-state index is 5.37. The molecular weight excluding hydrogens is 1130 g/mol. The second-order valence-corrected chi connectivity index (χ2v) is 19.2. The summed E-state index contributed by atoms with van der Waals surface area (Å²) in [4.78, 5) is 20.5. The largest absolute Gasteiger partial charge is 3.00 e. The van der Waals surface area contributed by atoms with Crippen molar-refractivity contribution in [3.05, 3.63) is 286 Å². The van der Waals surface area contributed by atoms with Crippen molar-refractivity contribution >= 4 is 27.5 Å². The zero-order valence-corrected chi connectivity index (χ0v) is 44.4. The van der Waals surface area contributed by atoms with Gasteiger partial charge < -0.3 is 19.4 Å². The van der Waals surface area contributed by atoms with E-state index in [4.69, 9.17) is 19.9 Å². The minimum absolute atomic E-state index is 0. The summed E-state index contributed by atoms with van der Waals surface area (Å²) >= 11 is 0. The van der Waals surface area contributed by atoms with E-state index in [0.29, 0.717) is 0 Å². The first-order chi connectivity index (χ1) is 38.2. The fourth-order valence-electron chi connectivity index (χ4n) is 10.7. The second-order valence-electron chi connectivity index (χ2n) is 19.2. The molecule has 5 heterocycles. The Morgan fingerprint density at radius 2 is 0.769 bits per heavy atom. The molecule has 9 aromatic carbocycles. The maximum atomic E-state index is 5.37. The summed E-state index contributed by atoms with van der Waals surface area (Å²) in [6.45, 7) is 0. The van der Waals surface area contributed by atoms with Crippen molar-refractivity contribution in [2.75, 3.05) is 0 Å². The van der Waals surface area contributed by atoms with Crippen LogP contribution < -0.4 is 0 Å². The Morgan fingerprint density at radius 3 is 1.28 bits per heavy atom. The van der Waals surface area contributed by atoms with E-state index in [2.05, 4.69) is 205 Å². The number of nitrogens with zero attached hydrogens (tertiary/aromatic N) is 5. The summed E-state index contributed by atoms with van der Waals surface area (Å²) in [5.41, 5.74) is 23.4. The normalized spacial score (nSPS) is 11.2. The van der Waals surface area contributed by atoms with Crippen molar-refractivity contribution in [3.8, 4) is 112 Å². The summed E-state index contributed by atoms with van der Waals surface area (Å²) in [6, 6.07) is 95.0. The van der Waals surface area contributed by atoms with E-state index in [-0.39, 0.29) is 20.1 Å². The molecule has 5 aromatic heterocycles. The quantitative estimate of drug-likeness (QED) is 0.101. The molecule has 0 radical (unpaired) electrons. The van der Waals surface area contributed by atoms with Gasteiger partial charge in [0, 0.05) is 41.3 Å². The van der Waals surface area contributed by atoms with E-state index in [0.717, 1.165) is 134 Å². The van der Waals surface area contributed by atoms with E-state index in [9.17, 15) is 0 Å². The van der Waals surface area contributed by atoms with Gasteiger partial charge in [-0.1, -0.05) is 152 Å². The van der Waals surface area contributed by atoms with Crippen LogP contribution >= 0.6 is 0 Å². The molecule has 14 rings (SSSR count). The van der Waals surface area contributed by atoms with Crippen LogP contribution in [0.1, 0.15) is 0 Å². The van der Waals surface area contributed by atoms with Crippen molar-refractivity contribution in [1.82, 2.24) is 24.3 Å². The van der Waals surface area contributed by atoms with Crippen molar-refractivity contribution in [2.24, 2.45) is 0 Å². The van der Waals surface area contributed by atoms with E-state index >= 15 is 0 Å². The minimum atomic E-state index is 0. The van der Waals surface area contributed by atoms with Crippen LogP contribution in [0.15, 0.2) is 267 Å². The van der Waals surface area contributed by atoms with Gasteiger partial charge in [-0.05, 0) is 119 Å². The van der Waals surface area contributed by atoms with Gasteiger partial charge in [-0.15, -0.1) is 101 Å². The summed E-state index contributed by atoms with van der Waals surface area (Å²) in [5, 5.41) is 1.89. The van der Waals surface area contributed by atoms with Gasteiger partial charge in [0.1, 0.15) is 5.65 Å². The predicted molar refractivity (Wildman–Crippen MR) is 314 cm³/mol. The molecule has 6 heteroatoms. The number of benzene rings is 9. The van der Waals surface area contributed by atoms with Gasteiger partial charge in [-0.2, -0.15) is 0 Å². The summed E-state index contributed by atoms with van der Waals surface area (Å²) < 4.78 is 2.20. The number of hydrogen-bond acceptors (Lipinski definition) is 4. The van der Waals surface area contributed by atoms with Crippen LogP contribution in [-0.2, 0) is 20.1 Å². The molecule has 0 saturated carbocycles. The Hall–Kier alpha value is -9.71.